The van der Waals surface area contributed by atoms with Gasteiger partial charge in [-0.05, 0) is 23.5 Å². The van der Waals surface area contributed by atoms with Gasteiger partial charge in [0, 0.05) is 22.5 Å². The maximum absolute atomic E-state index is 10.6. The van der Waals surface area contributed by atoms with E-state index >= 15 is 0 Å². The molecule has 2 nitrogen and oxygen atoms in total. The van der Waals surface area contributed by atoms with Gasteiger partial charge in [-0.15, -0.1) is 0 Å². The van der Waals surface area contributed by atoms with Crippen molar-refractivity contribution < 1.29 is 4.79 Å². The molecule has 1 N–H and O–H groups in total. The van der Waals surface area contributed by atoms with Gasteiger partial charge in [0.1, 0.15) is 0 Å². The molecule has 0 saturated heterocycles. The van der Waals surface area contributed by atoms with Gasteiger partial charge in [0.05, 0.1) is 0 Å². The lowest BCUT2D eigenvalue weighted by atomic mass is 10.0. The number of carbonyl (C=O) groups excluding carboxylic acids is 1. The zero-order valence-corrected chi connectivity index (χ0v) is 10.7. The van der Waals surface area contributed by atoms with E-state index in [1.165, 1.54) is 5.56 Å². The monoisotopic (exact) mass is 269 g/mol. The SMILES string of the molecule is CC(C)Cc1ccc(CNC(=O)Br)cc1. The summed E-state index contributed by atoms with van der Waals surface area (Å²) in [7, 11) is 0. The summed E-state index contributed by atoms with van der Waals surface area (Å²) in [5.74, 6) is 0.679. The number of benzene rings is 1. The van der Waals surface area contributed by atoms with E-state index in [1.807, 2.05) is 0 Å². The zero-order valence-electron chi connectivity index (χ0n) is 9.09. The van der Waals surface area contributed by atoms with Crippen molar-refractivity contribution in [3.05, 3.63) is 35.4 Å². The van der Waals surface area contributed by atoms with Crippen LogP contribution in [0.3, 0.4) is 0 Å². The molecular weight excluding hydrogens is 254 g/mol. The van der Waals surface area contributed by atoms with E-state index in [9.17, 15) is 4.79 Å². The molecule has 0 spiro atoms. The smallest absolute Gasteiger partial charge is 0.287 e. The summed E-state index contributed by atoms with van der Waals surface area (Å²) in [5.41, 5.74) is 2.47. The van der Waals surface area contributed by atoms with Crippen LogP contribution in [0.25, 0.3) is 0 Å². The van der Waals surface area contributed by atoms with E-state index in [2.05, 4.69) is 59.4 Å². The molecule has 0 saturated carbocycles. The van der Waals surface area contributed by atoms with Crippen molar-refractivity contribution in [2.24, 2.45) is 5.92 Å². The molecule has 0 aromatic heterocycles. The molecule has 1 amide bonds. The minimum Gasteiger partial charge on any atom is -0.343 e. The summed E-state index contributed by atoms with van der Waals surface area (Å²) in [6.45, 7) is 4.99. The van der Waals surface area contributed by atoms with Crippen LogP contribution < -0.4 is 5.32 Å². The predicted molar refractivity (Wildman–Crippen MR) is 66.1 cm³/mol. The fraction of sp³-hybridized carbons (Fsp3) is 0.417. The van der Waals surface area contributed by atoms with E-state index in [0.29, 0.717) is 12.5 Å². The van der Waals surface area contributed by atoms with Crippen LogP contribution in [0.15, 0.2) is 24.3 Å². The Hall–Kier alpha value is -0.830. The second-order valence-electron chi connectivity index (χ2n) is 4.04. The third-order valence-corrected chi connectivity index (χ3v) is 2.38. The third-order valence-electron chi connectivity index (χ3n) is 2.10. The Bertz CT molecular complexity index is 319. The first kappa shape index (κ1) is 12.2. The minimum absolute atomic E-state index is 0.172. The molecule has 0 bridgehead atoms. The standard InChI is InChI=1S/C12H16BrNO/c1-9(2)7-10-3-5-11(6-4-10)8-14-12(13)15/h3-6,9H,7-8H2,1-2H3,(H,14,15). The normalized spacial score (nSPS) is 10.4. The first-order valence-corrected chi connectivity index (χ1v) is 5.88. The predicted octanol–water partition coefficient (Wildman–Crippen LogP) is 3.49. The van der Waals surface area contributed by atoms with Crippen molar-refractivity contribution >= 4 is 20.7 Å². The zero-order chi connectivity index (χ0) is 11.3. The highest BCUT2D eigenvalue weighted by Gasteiger charge is 1.99. The van der Waals surface area contributed by atoms with Crippen LogP contribution >= 0.6 is 15.9 Å². The molecule has 0 radical (unpaired) electrons. The summed E-state index contributed by atoms with van der Waals surface area (Å²) in [6, 6.07) is 8.35. The van der Waals surface area contributed by atoms with Crippen LogP contribution in [0, 0.1) is 5.92 Å². The first-order chi connectivity index (χ1) is 7.08. The fourth-order valence-corrected chi connectivity index (χ4v) is 1.58. The van der Waals surface area contributed by atoms with Gasteiger partial charge in [-0.2, -0.15) is 0 Å². The Morgan fingerprint density at radius 3 is 2.27 bits per heavy atom. The molecule has 1 rings (SSSR count). The molecular formula is C12H16BrNO. The molecule has 0 aliphatic heterocycles. The number of halogens is 1. The maximum atomic E-state index is 10.6. The lowest BCUT2D eigenvalue weighted by molar-refractivity contribution is 0.261. The number of amides is 1. The second-order valence-corrected chi connectivity index (χ2v) is 4.76. The highest BCUT2D eigenvalue weighted by atomic mass is 79.9. The van der Waals surface area contributed by atoms with Gasteiger partial charge in [-0.25, -0.2) is 0 Å². The topological polar surface area (TPSA) is 29.1 Å². The van der Waals surface area contributed by atoms with Crippen LogP contribution in [0.4, 0.5) is 4.79 Å². The van der Waals surface area contributed by atoms with E-state index in [-0.39, 0.29) is 4.82 Å². The molecule has 0 heterocycles. The quantitative estimate of drug-likeness (QED) is 0.658. The van der Waals surface area contributed by atoms with Gasteiger partial charge in [0.2, 0.25) is 0 Å². The average Bonchev–Trinajstić information content (AvgIpc) is 2.16. The Labute approximate surface area is 99.2 Å². The summed E-state index contributed by atoms with van der Waals surface area (Å²) >= 11 is 2.83. The van der Waals surface area contributed by atoms with Crippen molar-refractivity contribution in [2.75, 3.05) is 0 Å². The summed E-state index contributed by atoms with van der Waals surface area (Å²) in [5, 5.41) is 2.70. The number of hydrogen-bond donors (Lipinski definition) is 1. The molecule has 0 atom stereocenters. The summed E-state index contributed by atoms with van der Waals surface area (Å²) in [6.07, 6.45) is 1.10. The van der Waals surface area contributed by atoms with Gasteiger partial charge in [0.25, 0.3) is 4.82 Å². The van der Waals surface area contributed by atoms with Crippen LogP contribution in [0.1, 0.15) is 25.0 Å². The molecule has 15 heavy (non-hydrogen) atoms. The van der Waals surface area contributed by atoms with E-state index in [4.69, 9.17) is 0 Å². The van der Waals surface area contributed by atoms with E-state index in [1.54, 1.807) is 0 Å². The molecule has 1 aromatic carbocycles. The van der Waals surface area contributed by atoms with Crippen molar-refractivity contribution in [3.63, 3.8) is 0 Å². The van der Waals surface area contributed by atoms with Crippen molar-refractivity contribution in [1.82, 2.24) is 5.32 Å². The van der Waals surface area contributed by atoms with Crippen LogP contribution in [-0.2, 0) is 13.0 Å². The summed E-state index contributed by atoms with van der Waals surface area (Å²) in [4.78, 5) is 10.5. The number of hydrogen-bond acceptors (Lipinski definition) is 1. The first-order valence-electron chi connectivity index (χ1n) is 5.09. The Kier molecular flexibility index (Phi) is 4.82. The van der Waals surface area contributed by atoms with Gasteiger partial charge in [0.15, 0.2) is 0 Å². The van der Waals surface area contributed by atoms with Crippen molar-refractivity contribution in [1.29, 1.82) is 0 Å². The van der Waals surface area contributed by atoms with E-state index in [0.717, 1.165) is 12.0 Å². The average molecular weight is 270 g/mol. The van der Waals surface area contributed by atoms with Crippen LogP contribution in [-0.4, -0.2) is 4.82 Å². The molecule has 0 aliphatic carbocycles. The Morgan fingerprint density at radius 2 is 1.80 bits per heavy atom. The number of carbonyl (C=O) groups is 1. The van der Waals surface area contributed by atoms with Crippen LogP contribution in [0.2, 0.25) is 0 Å². The minimum atomic E-state index is -0.172. The maximum Gasteiger partial charge on any atom is 0.287 e. The molecule has 82 valence electrons. The molecule has 3 heteroatoms. The summed E-state index contributed by atoms with van der Waals surface area (Å²) < 4.78 is 0. The number of nitrogens with one attached hydrogen (secondary N) is 1. The van der Waals surface area contributed by atoms with Crippen LogP contribution in [0.5, 0.6) is 0 Å². The van der Waals surface area contributed by atoms with Gasteiger partial charge in [-0.3, -0.25) is 4.79 Å². The van der Waals surface area contributed by atoms with Gasteiger partial charge < -0.3 is 5.32 Å². The van der Waals surface area contributed by atoms with Gasteiger partial charge in [-0.1, -0.05) is 38.1 Å². The highest BCUT2D eigenvalue weighted by Crippen LogP contribution is 2.09. The molecule has 0 aliphatic rings. The fourth-order valence-electron chi connectivity index (χ4n) is 1.44. The lowest BCUT2D eigenvalue weighted by Crippen LogP contribution is -2.14. The van der Waals surface area contributed by atoms with Crippen molar-refractivity contribution in [2.45, 2.75) is 26.8 Å². The second kappa shape index (κ2) is 5.91. The number of rotatable bonds is 4. The third kappa shape index (κ3) is 4.98. The van der Waals surface area contributed by atoms with Crippen molar-refractivity contribution in [3.8, 4) is 0 Å². The lowest BCUT2D eigenvalue weighted by Gasteiger charge is -2.06. The molecule has 0 unspecified atom stereocenters. The molecule has 1 aromatic rings. The van der Waals surface area contributed by atoms with Gasteiger partial charge >= 0.3 is 0 Å². The van der Waals surface area contributed by atoms with E-state index < -0.39 is 0 Å². The highest BCUT2D eigenvalue weighted by molar-refractivity contribution is 9.18. The Morgan fingerprint density at radius 1 is 1.27 bits per heavy atom. The molecule has 0 fully saturated rings. The Balaban J connectivity index is 2.52. The largest absolute Gasteiger partial charge is 0.343 e.